The van der Waals surface area contributed by atoms with Crippen molar-refractivity contribution in [2.45, 2.75) is 71.4 Å². The Bertz CT molecular complexity index is 276. The first-order chi connectivity index (χ1) is 8.25. The number of amides is 1. The molecule has 0 spiro atoms. The number of ether oxygens (including phenoxy) is 1. The molecule has 0 aliphatic heterocycles. The highest BCUT2D eigenvalue weighted by molar-refractivity contribution is 5.67. The summed E-state index contributed by atoms with van der Waals surface area (Å²) in [6.45, 7) is 8.28. The number of nitrogens with two attached hydrogens (primary N) is 1. The molecule has 1 saturated carbocycles. The van der Waals surface area contributed by atoms with Crippen LogP contribution in [0.25, 0.3) is 0 Å². The van der Waals surface area contributed by atoms with Crippen LogP contribution in [0.1, 0.15) is 59.8 Å². The second-order valence-corrected chi connectivity index (χ2v) is 6.57. The first kappa shape index (κ1) is 15.3. The van der Waals surface area contributed by atoms with Crippen molar-refractivity contribution in [2.75, 3.05) is 6.54 Å². The van der Waals surface area contributed by atoms with Crippen molar-refractivity contribution in [3.05, 3.63) is 0 Å². The summed E-state index contributed by atoms with van der Waals surface area (Å²) in [6, 6.07) is 0.104. The smallest absolute Gasteiger partial charge is 0.407 e. The highest BCUT2D eigenvalue weighted by atomic mass is 16.6. The minimum absolute atomic E-state index is 0.0507. The molecule has 1 amide bonds. The molecule has 0 bridgehead atoms. The topological polar surface area (TPSA) is 64.3 Å². The summed E-state index contributed by atoms with van der Waals surface area (Å²) in [5, 5.41) is 2.89. The van der Waals surface area contributed by atoms with E-state index in [1.165, 1.54) is 19.3 Å². The van der Waals surface area contributed by atoms with Gasteiger partial charge in [-0.3, -0.25) is 0 Å². The predicted molar refractivity (Wildman–Crippen MR) is 73.4 cm³/mol. The van der Waals surface area contributed by atoms with Crippen LogP contribution < -0.4 is 11.1 Å². The maximum atomic E-state index is 11.7. The van der Waals surface area contributed by atoms with Gasteiger partial charge in [0.2, 0.25) is 0 Å². The van der Waals surface area contributed by atoms with E-state index in [1.54, 1.807) is 0 Å². The Labute approximate surface area is 111 Å². The lowest BCUT2D eigenvalue weighted by Gasteiger charge is -2.40. The highest BCUT2D eigenvalue weighted by Gasteiger charge is 2.36. The molecule has 1 rings (SSSR count). The lowest BCUT2D eigenvalue weighted by atomic mass is 9.69. The standard InChI is InChI=1S/C14H28N2O2/c1-11(15)14(8-6-5-7-9-14)10-16-12(17)18-13(2,3)4/h11H,5-10,15H2,1-4H3,(H,16,17). The zero-order valence-corrected chi connectivity index (χ0v) is 12.2. The summed E-state index contributed by atoms with van der Waals surface area (Å²) in [6.07, 6.45) is 5.55. The Hall–Kier alpha value is -0.770. The van der Waals surface area contributed by atoms with Gasteiger partial charge in [0, 0.05) is 18.0 Å². The molecule has 0 aromatic rings. The zero-order valence-electron chi connectivity index (χ0n) is 12.2. The molecule has 106 valence electrons. The molecule has 1 atom stereocenters. The molecule has 1 aliphatic rings. The third kappa shape index (κ3) is 4.48. The minimum atomic E-state index is -0.446. The molecule has 1 fully saturated rings. The van der Waals surface area contributed by atoms with Crippen molar-refractivity contribution < 1.29 is 9.53 Å². The van der Waals surface area contributed by atoms with E-state index in [1.807, 2.05) is 27.7 Å². The second kappa shape index (κ2) is 5.91. The van der Waals surface area contributed by atoms with Gasteiger partial charge < -0.3 is 15.8 Å². The van der Waals surface area contributed by atoms with Gasteiger partial charge in [0.05, 0.1) is 0 Å². The predicted octanol–water partition coefficient (Wildman–Crippen LogP) is 2.81. The van der Waals surface area contributed by atoms with Crippen LogP contribution in [0.15, 0.2) is 0 Å². The van der Waals surface area contributed by atoms with Crippen LogP contribution in [0.5, 0.6) is 0 Å². The zero-order chi connectivity index (χ0) is 13.8. The SMILES string of the molecule is CC(N)C1(CNC(=O)OC(C)(C)C)CCCCC1. The van der Waals surface area contributed by atoms with Gasteiger partial charge in [0.25, 0.3) is 0 Å². The molecule has 4 heteroatoms. The maximum absolute atomic E-state index is 11.7. The van der Waals surface area contributed by atoms with Gasteiger partial charge >= 0.3 is 6.09 Å². The molecule has 0 aromatic carbocycles. The number of hydrogen-bond donors (Lipinski definition) is 2. The van der Waals surface area contributed by atoms with Crippen LogP contribution in [-0.4, -0.2) is 24.3 Å². The van der Waals surface area contributed by atoms with Gasteiger partial charge in [-0.2, -0.15) is 0 Å². The Morgan fingerprint density at radius 2 is 1.89 bits per heavy atom. The molecule has 0 saturated heterocycles. The van der Waals surface area contributed by atoms with Crippen molar-refractivity contribution in [3.63, 3.8) is 0 Å². The molecule has 0 heterocycles. The average molecular weight is 256 g/mol. The van der Waals surface area contributed by atoms with E-state index < -0.39 is 5.60 Å². The number of carbonyl (C=O) groups is 1. The lowest BCUT2D eigenvalue weighted by molar-refractivity contribution is 0.0469. The molecule has 1 unspecified atom stereocenters. The van der Waals surface area contributed by atoms with Crippen LogP contribution >= 0.6 is 0 Å². The van der Waals surface area contributed by atoms with Gasteiger partial charge in [-0.1, -0.05) is 19.3 Å². The van der Waals surface area contributed by atoms with Crippen molar-refractivity contribution in [1.29, 1.82) is 0 Å². The highest BCUT2D eigenvalue weighted by Crippen LogP contribution is 2.38. The largest absolute Gasteiger partial charge is 0.444 e. The van der Waals surface area contributed by atoms with Crippen molar-refractivity contribution in [2.24, 2.45) is 11.1 Å². The van der Waals surface area contributed by atoms with E-state index in [0.29, 0.717) is 6.54 Å². The van der Waals surface area contributed by atoms with E-state index in [-0.39, 0.29) is 17.6 Å². The van der Waals surface area contributed by atoms with E-state index in [0.717, 1.165) is 12.8 Å². The Kier molecular flexibility index (Phi) is 5.02. The Morgan fingerprint density at radius 3 is 2.33 bits per heavy atom. The quantitative estimate of drug-likeness (QED) is 0.816. The van der Waals surface area contributed by atoms with E-state index >= 15 is 0 Å². The van der Waals surface area contributed by atoms with Gasteiger partial charge in [0.15, 0.2) is 0 Å². The first-order valence-electron chi connectivity index (χ1n) is 6.98. The van der Waals surface area contributed by atoms with Crippen molar-refractivity contribution >= 4 is 6.09 Å². The number of rotatable bonds is 3. The fraction of sp³-hybridized carbons (Fsp3) is 0.929. The first-order valence-corrected chi connectivity index (χ1v) is 6.98. The van der Waals surface area contributed by atoms with E-state index in [9.17, 15) is 4.79 Å². The summed E-state index contributed by atoms with van der Waals surface area (Å²) in [5.74, 6) is 0. The van der Waals surface area contributed by atoms with Crippen molar-refractivity contribution in [1.82, 2.24) is 5.32 Å². The third-order valence-electron chi connectivity index (χ3n) is 3.80. The van der Waals surface area contributed by atoms with Gasteiger partial charge in [-0.25, -0.2) is 4.79 Å². The summed E-state index contributed by atoms with van der Waals surface area (Å²) < 4.78 is 5.26. The third-order valence-corrected chi connectivity index (χ3v) is 3.80. The molecule has 4 nitrogen and oxygen atoms in total. The average Bonchev–Trinajstić information content (AvgIpc) is 2.25. The second-order valence-electron chi connectivity index (χ2n) is 6.57. The molecule has 3 N–H and O–H groups in total. The van der Waals surface area contributed by atoms with E-state index in [2.05, 4.69) is 5.32 Å². The fourth-order valence-corrected chi connectivity index (χ4v) is 2.61. The molecule has 1 aliphatic carbocycles. The fourth-order valence-electron chi connectivity index (χ4n) is 2.61. The minimum Gasteiger partial charge on any atom is -0.444 e. The Balaban J connectivity index is 2.50. The van der Waals surface area contributed by atoms with Crippen LogP contribution in [0, 0.1) is 5.41 Å². The summed E-state index contributed by atoms with van der Waals surface area (Å²) in [5.41, 5.74) is 5.73. The van der Waals surface area contributed by atoms with Gasteiger partial charge in [-0.15, -0.1) is 0 Å². The lowest BCUT2D eigenvalue weighted by Crippen LogP contribution is -2.49. The van der Waals surface area contributed by atoms with Gasteiger partial charge in [-0.05, 0) is 40.5 Å². The van der Waals surface area contributed by atoms with Crippen LogP contribution in [0.2, 0.25) is 0 Å². The van der Waals surface area contributed by atoms with Crippen molar-refractivity contribution in [3.8, 4) is 0 Å². The molecular weight excluding hydrogens is 228 g/mol. The number of carbonyl (C=O) groups excluding carboxylic acids is 1. The van der Waals surface area contributed by atoms with Crippen LogP contribution in [-0.2, 0) is 4.74 Å². The number of nitrogens with one attached hydrogen (secondary N) is 1. The molecular formula is C14H28N2O2. The number of hydrogen-bond acceptors (Lipinski definition) is 3. The molecule has 18 heavy (non-hydrogen) atoms. The summed E-state index contributed by atoms with van der Waals surface area (Å²) in [7, 11) is 0. The summed E-state index contributed by atoms with van der Waals surface area (Å²) in [4.78, 5) is 11.7. The van der Waals surface area contributed by atoms with Crippen LogP contribution in [0.3, 0.4) is 0 Å². The monoisotopic (exact) mass is 256 g/mol. The number of alkyl carbamates (subject to hydrolysis) is 1. The summed E-state index contributed by atoms with van der Waals surface area (Å²) >= 11 is 0. The Morgan fingerprint density at radius 1 is 1.33 bits per heavy atom. The van der Waals surface area contributed by atoms with Crippen LogP contribution in [0.4, 0.5) is 4.79 Å². The van der Waals surface area contributed by atoms with E-state index in [4.69, 9.17) is 10.5 Å². The normalized spacial score (nSPS) is 21.2. The molecule has 0 radical (unpaired) electrons. The molecule has 0 aromatic heterocycles. The van der Waals surface area contributed by atoms with Gasteiger partial charge in [0.1, 0.15) is 5.60 Å². The maximum Gasteiger partial charge on any atom is 0.407 e.